The second kappa shape index (κ2) is 5.84. The van der Waals surface area contributed by atoms with Crippen LogP contribution in [-0.4, -0.2) is 25.8 Å². The minimum Gasteiger partial charge on any atom is -0.468 e. The predicted octanol–water partition coefficient (Wildman–Crippen LogP) is 2.04. The molecule has 0 aliphatic heterocycles. The van der Waals surface area contributed by atoms with Crippen LogP contribution in [0.4, 0.5) is 0 Å². The van der Waals surface area contributed by atoms with Crippen molar-refractivity contribution < 1.29 is 18.6 Å². The minimum atomic E-state index is -3.09. The van der Waals surface area contributed by atoms with Crippen molar-refractivity contribution in [1.29, 1.82) is 0 Å². The molecule has 5 nitrogen and oxygen atoms in total. The number of para-hydroxylation sites is 1. The van der Waals surface area contributed by atoms with Crippen LogP contribution >= 0.6 is 7.52 Å². The molecule has 0 bridgehead atoms. The zero-order chi connectivity index (χ0) is 12.9. The Kier molecular flexibility index (Phi) is 4.73. The van der Waals surface area contributed by atoms with Gasteiger partial charge in [0.25, 0.3) is 0 Å². The molecule has 0 spiro atoms. The summed E-state index contributed by atoms with van der Waals surface area (Å²) in [5, 5.41) is 2.61. The van der Waals surface area contributed by atoms with Gasteiger partial charge in [-0.15, -0.1) is 0 Å². The molecule has 6 heteroatoms. The Morgan fingerprint density at radius 1 is 1.35 bits per heavy atom. The van der Waals surface area contributed by atoms with Crippen LogP contribution in [0.5, 0.6) is 5.75 Å². The molecule has 1 rings (SSSR count). The number of ether oxygens (including phenoxy) is 1. The summed E-state index contributed by atoms with van der Waals surface area (Å²) in [7, 11) is -1.81. The first-order valence-corrected chi connectivity index (χ1v) is 7.19. The fourth-order valence-electron chi connectivity index (χ4n) is 1.29. The molecule has 0 saturated heterocycles. The van der Waals surface area contributed by atoms with Gasteiger partial charge in [-0.2, -0.15) is 0 Å². The Morgan fingerprint density at radius 2 is 1.94 bits per heavy atom. The van der Waals surface area contributed by atoms with Crippen molar-refractivity contribution in [2.24, 2.45) is 0 Å². The summed E-state index contributed by atoms with van der Waals surface area (Å²) in [6.45, 7) is 2.98. The van der Waals surface area contributed by atoms with E-state index in [-0.39, 0.29) is 0 Å². The molecule has 0 heterocycles. The lowest BCUT2D eigenvalue weighted by Gasteiger charge is -2.19. The lowest BCUT2D eigenvalue weighted by molar-refractivity contribution is -0.142. The molecule has 0 saturated carbocycles. The van der Waals surface area contributed by atoms with Crippen molar-refractivity contribution in [3.05, 3.63) is 30.3 Å². The molecule has 0 unspecified atom stereocenters. The third-order valence-corrected chi connectivity index (χ3v) is 3.42. The number of nitrogens with one attached hydrogen (secondary N) is 1. The van der Waals surface area contributed by atoms with Crippen LogP contribution in [-0.2, 0) is 14.1 Å². The Labute approximate surface area is 101 Å². The van der Waals surface area contributed by atoms with Crippen molar-refractivity contribution in [3.8, 4) is 5.75 Å². The molecule has 0 amide bonds. The number of benzene rings is 1. The van der Waals surface area contributed by atoms with Crippen LogP contribution in [0.25, 0.3) is 0 Å². The van der Waals surface area contributed by atoms with E-state index in [1.165, 1.54) is 13.8 Å². The second-order valence-electron chi connectivity index (χ2n) is 3.62. The molecule has 94 valence electrons. The van der Waals surface area contributed by atoms with Crippen molar-refractivity contribution in [3.63, 3.8) is 0 Å². The van der Waals surface area contributed by atoms with Crippen LogP contribution in [0.3, 0.4) is 0 Å². The summed E-state index contributed by atoms with van der Waals surface area (Å²) in [5.41, 5.74) is 0. The van der Waals surface area contributed by atoms with Gasteiger partial charge in [0, 0.05) is 6.66 Å². The quantitative estimate of drug-likeness (QED) is 0.646. The van der Waals surface area contributed by atoms with Gasteiger partial charge in [-0.3, -0.25) is 9.36 Å². The Balaban J connectivity index is 2.63. The lowest BCUT2D eigenvalue weighted by Crippen LogP contribution is -2.33. The Hall–Kier alpha value is -1.32. The van der Waals surface area contributed by atoms with Gasteiger partial charge in [0.05, 0.1) is 7.11 Å². The van der Waals surface area contributed by atoms with Crippen molar-refractivity contribution in [2.45, 2.75) is 13.0 Å². The van der Waals surface area contributed by atoms with E-state index < -0.39 is 19.5 Å². The number of carbonyl (C=O) groups is 1. The molecule has 0 fully saturated rings. The molecule has 0 aromatic heterocycles. The third-order valence-electron chi connectivity index (χ3n) is 2.01. The van der Waals surface area contributed by atoms with Gasteiger partial charge in [-0.25, -0.2) is 5.09 Å². The number of hydrogen-bond donors (Lipinski definition) is 1. The van der Waals surface area contributed by atoms with Crippen molar-refractivity contribution in [1.82, 2.24) is 5.09 Å². The molecule has 2 atom stereocenters. The zero-order valence-electron chi connectivity index (χ0n) is 10.0. The summed E-state index contributed by atoms with van der Waals surface area (Å²) in [5.74, 6) is 0.00614. The van der Waals surface area contributed by atoms with E-state index in [1.807, 2.05) is 6.07 Å². The van der Waals surface area contributed by atoms with Gasteiger partial charge in [0.1, 0.15) is 11.8 Å². The molecular formula is C11H16NO4P. The van der Waals surface area contributed by atoms with Gasteiger partial charge < -0.3 is 9.26 Å². The highest BCUT2D eigenvalue weighted by molar-refractivity contribution is 7.56. The molecule has 1 N–H and O–H groups in total. The molecule has 1 aromatic carbocycles. The maximum Gasteiger partial charge on any atom is 0.323 e. The van der Waals surface area contributed by atoms with Crippen LogP contribution in [0, 0.1) is 0 Å². The topological polar surface area (TPSA) is 64.6 Å². The van der Waals surface area contributed by atoms with Gasteiger partial charge in [-0.05, 0) is 19.1 Å². The SMILES string of the molecule is COC(=O)[C@H](C)N[P@](C)(=O)Oc1ccccc1. The number of hydrogen-bond acceptors (Lipinski definition) is 4. The lowest BCUT2D eigenvalue weighted by atomic mass is 10.3. The molecule has 0 aliphatic rings. The van der Waals surface area contributed by atoms with Crippen molar-refractivity contribution in [2.75, 3.05) is 13.8 Å². The summed E-state index contributed by atoms with van der Waals surface area (Å²) < 4.78 is 21.9. The summed E-state index contributed by atoms with van der Waals surface area (Å²) >= 11 is 0. The van der Waals surface area contributed by atoms with E-state index in [9.17, 15) is 9.36 Å². The number of methoxy groups -OCH3 is 1. The van der Waals surface area contributed by atoms with Gasteiger partial charge >= 0.3 is 13.5 Å². The average Bonchev–Trinajstić information content (AvgIpc) is 2.27. The molecule has 0 aliphatic carbocycles. The number of rotatable bonds is 5. The molecule has 17 heavy (non-hydrogen) atoms. The largest absolute Gasteiger partial charge is 0.468 e. The van der Waals surface area contributed by atoms with Crippen LogP contribution < -0.4 is 9.61 Å². The summed E-state index contributed by atoms with van der Waals surface area (Å²) in [6.07, 6.45) is 0. The fraction of sp³-hybridized carbons (Fsp3) is 0.364. The van der Waals surface area contributed by atoms with Gasteiger partial charge in [-0.1, -0.05) is 18.2 Å². The van der Waals surface area contributed by atoms with E-state index in [1.54, 1.807) is 31.2 Å². The van der Waals surface area contributed by atoms with E-state index in [0.29, 0.717) is 5.75 Å². The Bertz CT molecular complexity index is 421. The fourth-order valence-corrected chi connectivity index (χ4v) is 2.68. The predicted molar refractivity (Wildman–Crippen MR) is 65.2 cm³/mol. The normalized spacial score (nSPS) is 15.7. The first kappa shape index (κ1) is 13.7. The first-order valence-electron chi connectivity index (χ1n) is 5.12. The highest BCUT2D eigenvalue weighted by Crippen LogP contribution is 2.39. The summed E-state index contributed by atoms with van der Waals surface area (Å²) in [6, 6.07) is 8.09. The van der Waals surface area contributed by atoms with E-state index in [2.05, 4.69) is 9.82 Å². The van der Waals surface area contributed by atoms with E-state index in [0.717, 1.165) is 0 Å². The van der Waals surface area contributed by atoms with Crippen LogP contribution in [0.1, 0.15) is 6.92 Å². The highest BCUT2D eigenvalue weighted by Gasteiger charge is 2.24. The van der Waals surface area contributed by atoms with Crippen molar-refractivity contribution >= 4 is 13.5 Å². The van der Waals surface area contributed by atoms with Crippen LogP contribution in [0.15, 0.2) is 30.3 Å². The monoisotopic (exact) mass is 257 g/mol. The maximum atomic E-state index is 12.1. The smallest absolute Gasteiger partial charge is 0.323 e. The summed E-state index contributed by atoms with van der Waals surface area (Å²) in [4.78, 5) is 11.2. The standard InChI is InChI=1S/C11H16NO4P/c1-9(11(13)15-2)12-17(3,14)16-10-7-5-4-6-8-10/h4-9H,1-3H3,(H,12,14)/t9-,17+/m0/s1. The minimum absolute atomic E-state index is 0.483. The molecular weight excluding hydrogens is 241 g/mol. The van der Waals surface area contributed by atoms with E-state index in [4.69, 9.17) is 4.52 Å². The second-order valence-corrected chi connectivity index (χ2v) is 5.76. The molecule has 0 radical (unpaired) electrons. The number of carbonyl (C=O) groups excluding carboxylic acids is 1. The highest BCUT2D eigenvalue weighted by atomic mass is 31.2. The zero-order valence-corrected chi connectivity index (χ0v) is 10.9. The van der Waals surface area contributed by atoms with Gasteiger partial charge in [0.2, 0.25) is 0 Å². The Morgan fingerprint density at radius 3 is 2.47 bits per heavy atom. The number of esters is 1. The van der Waals surface area contributed by atoms with Crippen LogP contribution in [0.2, 0.25) is 0 Å². The maximum absolute atomic E-state index is 12.1. The van der Waals surface area contributed by atoms with E-state index >= 15 is 0 Å². The van der Waals surface area contributed by atoms with Gasteiger partial charge in [0.15, 0.2) is 0 Å². The average molecular weight is 257 g/mol. The third kappa shape index (κ3) is 4.59. The molecule has 1 aromatic rings. The first-order chi connectivity index (χ1) is 7.94.